The van der Waals surface area contributed by atoms with Crippen molar-refractivity contribution in [2.45, 2.75) is 19.3 Å². The fourth-order valence-corrected chi connectivity index (χ4v) is 2.68. The lowest BCUT2D eigenvalue weighted by Gasteiger charge is -2.03. The fourth-order valence-electron chi connectivity index (χ4n) is 2.68. The number of ether oxygens (including phenoxy) is 1. The van der Waals surface area contributed by atoms with E-state index in [2.05, 4.69) is 17.3 Å². The van der Waals surface area contributed by atoms with Gasteiger partial charge in [0.1, 0.15) is 5.75 Å². The van der Waals surface area contributed by atoms with Crippen LogP contribution in [-0.4, -0.2) is 18.8 Å². The molecule has 4 heteroatoms. The molecule has 0 aromatic heterocycles. The summed E-state index contributed by atoms with van der Waals surface area (Å²) >= 11 is 0. The number of benzene rings is 2. The smallest absolute Gasteiger partial charge is 0.365 e. The van der Waals surface area contributed by atoms with Crippen molar-refractivity contribution in [3.05, 3.63) is 65.7 Å². The minimum absolute atomic E-state index is 0.340. The molecule has 23 heavy (non-hydrogen) atoms. The monoisotopic (exact) mass is 309 g/mol. The van der Waals surface area contributed by atoms with Crippen LogP contribution in [0.15, 0.2) is 59.8 Å². The second kappa shape index (κ2) is 6.65. The van der Waals surface area contributed by atoms with Crippen molar-refractivity contribution < 1.29 is 14.4 Å². The van der Waals surface area contributed by atoms with Gasteiger partial charge in [-0.1, -0.05) is 35.5 Å². The van der Waals surface area contributed by atoms with Crippen molar-refractivity contribution in [1.82, 2.24) is 0 Å². The molecule has 118 valence electrons. The lowest BCUT2D eigenvalue weighted by atomic mass is 10.1. The highest BCUT2D eigenvalue weighted by Gasteiger charge is 2.40. The van der Waals surface area contributed by atoms with Gasteiger partial charge < -0.3 is 9.57 Å². The second-order valence-corrected chi connectivity index (χ2v) is 5.70. The Bertz CT molecular complexity index is 707. The molecule has 2 aromatic rings. The zero-order chi connectivity index (χ0) is 16.2. The summed E-state index contributed by atoms with van der Waals surface area (Å²) in [5, 5.41) is 4.01. The quantitative estimate of drug-likeness (QED) is 0.476. The Morgan fingerprint density at radius 1 is 1.09 bits per heavy atom. The lowest BCUT2D eigenvalue weighted by Crippen LogP contribution is -2.04. The minimum Gasteiger partial charge on any atom is -0.497 e. The van der Waals surface area contributed by atoms with Crippen LogP contribution in [0.3, 0.4) is 0 Å². The Morgan fingerprint density at radius 3 is 2.43 bits per heavy atom. The summed E-state index contributed by atoms with van der Waals surface area (Å²) in [7, 11) is 1.66. The molecule has 1 fully saturated rings. The highest BCUT2D eigenvalue weighted by Crippen LogP contribution is 2.48. The van der Waals surface area contributed by atoms with E-state index in [4.69, 9.17) is 9.57 Å². The molecule has 0 N–H and O–H groups in total. The van der Waals surface area contributed by atoms with E-state index in [9.17, 15) is 4.79 Å². The Morgan fingerprint density at radius 2 is 1.78 bits per heavy atom. The Kier molecular flexibility index (Phi) is 4.42. The molecule has 0 heterocycles. The summed E-state index contributed by atoms with van der Waals surface area (Å²) in [6.07, 6.45) is 1.03. The van der Waals surface area contributed by atoms with Gasteiger partial charge in [0.25, 0.3) is 0 Å². The predicted octanol–water partition coefficient (Wildman–Crippen LogP) is 4.03. The average Bonchev–Trinajstić information content (AvgIpc) is 3.41. The molecule has 0 amide bonds. The number of carbonyl (C=O) groups excluding carboxylic acids is 1. The van der Waals surface area contributed by atoms with Crippen molar-refractivity contribution in [2.24, 2.45) is 11.1 Å². The van der Waals surface area contributed by atoms with Crippen LogP contribution in [0.4, 0.5) is 0 Å². The van der Waals surface area contributed by atoms with Crippen LogP contribution in [0.25, 0.3) is 0 Å². The van der Waals surface area contributed by atoms with Gasteiger partial charge in [-0.15, -0.1) is 0 Å². The molecule has 1 saturated carbocycles. The molecule has 0 bridgehead atoms. The highest BCUT2D eigenvalue weighted by molar-refractivity contribution is 5.91. The third-order valence-corrected chi connectivity index (χ3v) is 4.15. The summed E-state index contributed by atoms with van der Waals surface area (Å²) in [6.45, 7) is 1.91. The van der Waals surface area contributed by atoms with Crippen molar-refractivity contribution in [2.75, 3.05) is 7.11 Å². The molecule has 2 aromatic carbocycles. The molecule has 1 aliphatic rings. The number of methoxy groups -OCH3 is 1. The zero-order valence-corrected chi connectivity index (χ0v) is 13.2. The first kappa shape index (κ1) is 15.3. The first-order valence-corrected chi connectivity index (χ1v) is 7.64. The predicted molar refractivity (Wildman–Crippen MR) is 88.8 cm³/mol. The summed E-state index contributed by atoms with van der Waals surface area (Å²) in [6, 6.07) is 17.0. The van der Waals surface area contributed by atoms with E-state index < -0.39 is 5.97 Å². The Labute approximate surface area is 135 Å². The molecule has 0 saturated heterocycles. The number of hydrogen-bond donors (Lipinski definition) is 0. The van der Waals surface area contributed by atoms with Crippen molar-refractivity contribution in [3.63, 3.8) is 0 Å². The zero-order valence-electron chi connectivity index (χ0n) is 13.2. The third-order valence-electron chi connectivity index (χ3n) is 4.15. The summed E-state index contributed by atoms with van der Waals surface area (Å²) < 4.78 is 5.17. The maximum absolute atomic E-state index is 11.9. The van der Waals surface area contributed by atoms with Gasteiger partial charge in [0.2, 0.25) is 0 Å². The number of hydrogen-bond acceptors (Lipinski definition) is 4. The van der Waals surface area contributed by atoms with Gasteiger partial charge in [0.05, 0.1) is 18.4 Å². The normalized spacial score (nSPS) is 20.0. The standard InChI is InChI=1S/C19H19NO3/c1-13(20-23-19(21)15-6-4-3-5-7-15)17-12-18(17)14-8-10-16(22-2)11-9-14/h3-11,17-18H,12H2,1-2H3/b20-13-/t17-,18+/m0/s1. The molecule has 0 aliphatic heterocycles. The van der Waals surface area contributed by atoms with Crippen molar-refractivity contribution in [1.29, 1.82) is 0 Å². The molecular weight excluding hydrogens is 290 g/mol. The van der Waals surface area contributed by atoms with Crippen LogP contribution in [0, 0.1) is 5.92 Å². The molecular formula is C19H19NO3. The first-order valence-electron chi connectivity index (χ1n) is 7.64. The van der Waals surface area contributed by atoms with E-state index in [0.717, 1.165) is 17.9 Å². The summed E-state index contributed by atoms with van der Waals surface area (Å²) in [5.74, 6) is 1.21. The molecule has 0 unspecified atom stereocenters. The van der Waals surface area contributed by atoms with E-state index in [0.29, 0.717) is 17.4 Å². The molecule has 0 spiro atoms. The fraction of sp³-hybridized carbons (Fsp3) is 0.263. The third kappa shape index (κ3) is 3.59. The number of rotatable bonds is 5. The number of oxime groups is 1. The van der Waals surface area contributed by atoms with E-state index in [1.54, 1.807) is 31.4 Å². The van der Waals surface area contributed by atoms with E-state index in [1.807, 2.05) is 25.1 Å². The maximum Gasteiger partial charge on any atom is 0.365 e. The molecule has 4 nitrogen and oxygen atoms in total. The van der Waals surface area contributed by atoms with Gasteiger partial charge in [0, 0.05) is 5.92 Å². The van der Waals surface area contributed by atoms with Crippen LogP contribution in [0.2, 0.25) is 0 Å². The van der Waals surface area contributed by atoms with Crippen LogP contribution in [-0.2, 0) is 4.84 Å². The summed E-state index contributed by atoms with van der Waals surface area (Å²) in [5.41, 5.74) is 2.63. The van der Waals surface area contributed by atoms with Crippen LogP contribution >= 0.6 is 0 Å². The Balaban J connectivity index is 1.59. The number of nitrogens with zero attached hydrogens (tertiary/aromatic N) is 1. The van der Waals surface area contributed by atoms with Gasteiger partial charge in [-0.3, -0.25) is 0 Å². The highest BCUT2D eigenvalue weighted by atomic mass is 16.7. The number of carbonyl (C=O) groups is 1. The van der Waals surface area contributed by atoms with Gasteiger partial charge in [-0.2, -0.15) is 0 Å². The van der Waals surface area contributed by atoms with E-state index >= 15 is 0 Å². The van der Waals surface area contributed by atoms with Crippen LogP contribution < -0.4 is 4.74 Å². The minimum atomic E-state index is -0.424. The van der Waals surface area contributed by atoms with Gasteiger partial charge in [-0.25, -0.2) is 4.79 Å². The van der Waals surface area contributed by atoms with E-state index in [-0.39, 0.29) is 0 Å². The van der Waals surface area contributed by atoms with Crippen molar-refractivity contribution in [3.8, 4) is 5.75 Å². The van der Waals surface area contributed by atoms with Gasteiger partial charge in [0.15, 0.2) is 0 Å². The molecule has 2 atom stereocenters. The average molecular weight is 309 g/mol. The largest absolute Gasteiger partial charge is 0.497 e. The molecule has 3 rings (SSSR count). The SMILES string of the molecule is COc1ccc([C@H]2C[C@H]2/C(C)=N\OC(=O)c2ccccc2)cc1. The topological polar surface area (TPSA) is 47.9 Å². The Hall–Kier alpha value is -2.62. The van der Waals surface area contributed by atoms with Crippen LogP contribution in [0.1, 0.15) is 35.2 Å². The van der Waals surface area contributed by atoms with Gasteiger partial charge in [-0.05, 0) is 49.1 Å². The molecule has 1 aliphatic carbocycles. The van der Waals surface area contributed by atoms with E-state index in [1.165, 1.54) is 5.56 Å². The van der Waals surface area contributed by atoms with Crippen molar-refractivity contribution >= 4 is 11.7 Å². The summed E-state index contributed by atoms with van der Waals surface area (Å²) in [4.78, 5) is 16.9. The maximum atomic E-state index is 11.9. The van der Waals surface area contributed by atoms with Gasteiger partial charge >= 0.3 is 5.97 Å². The first-order chi connectivity index (χ1) is 11.2. The lowest BCUT2D eigenvalue weighted by molar-refractivity contribution is 0.0514. The second-order valence-electron chi connectivity index (χ2n) is 5.70. The molecule has 0 radical (unpaired) electrons. The van der Waals surface area contributed by atoms with Crippen LogP contribution in [0.5, 0.6) is 5.75 Å².